The van der Waals surface area contributed by atoms with Crippen molar-refractivity contribution in [2.45, 2.75) is 0 Å². The third-order valence-electron chi connectivity index (χ3n) is 0. The molecule has 0 fully saturated rings. The van der Waals surface area contributed by atoms with Crippen molar-refractivity contribution >= 4 is 8.69 Å². The fourth-order valence-electron chi connectivity index (χ4n) is 0. The molecule has 1 atom stereocenters. The van der Waals surface area contributed by atoms with E-state index < -0.39 is 8.69 Å². The Balaban J connectivity index is 0. The Labute approximate surface area is 40.4 Å². The monoisotopic (exact) mass is 113 g/mol. The van der Waals surface area contributed by atoms with Crippen LogP contribution in [-0.2, 0) is 26.3 Å². The zero-order valence-corrected chi connectivity index (χ0v) is 4.42. The predicted octanol–water partition coefficient (Wildman–Crippen LogP) is -0.0848. The van der Waals surface area contributed by atoms with E-state index in [9.17, 15) is 0 Å². The van der Waals surface area contributed by atoms with Gasteiger partial charge in [0.05, 0.1) is 0 Å². The summed E-state index contributed by atoms with van der Waals surface area (Å²) in [6.45, 7) is 0. The molecule has 1 unspecified atom stereocenters. The molecule has 1 N–H and O–H groups in total. The maximum absolute atomic E-state index is 8.51. The van der Waals surface area contributed by atoms with Crippen molar-refractivity contribution in [1.82, 2.24) is 0 Å². The van der Waals surface area contributed by atoms with Crippen LogP contribution in [0, 0.1) is 0 Å². The largest absolute Gasteiger partial charge is 0.491 e. The van der Waals surface area contributed by atoms with Gasteiger partial charge in [0.15, 0.2) is 0 Å². The minimum absolute atomic E-state index is 0. The minimum Gasteiger partial charge on any atom is -0.162 e. The van der Waals surface area contributed by atoms with E-state index in [0.29, 0.717) is 0 Å². The molecular weight excluding hydrogens is 111 g/mol. The molecule has 0 saturated carbocycles. The van der Waals surface area contributed by atoms with Gasteiger partial charge in [0.2, 0.25) is 0 Å². The smallest absolute Gasteiger partial charge is 0.162 e. The summed E-state index contributed by atoms with van der Waals surface area (Å²) in [6, 6.07) is 0. The van der Waals surface area contributed by atoms with E-state index >= 15 is 0 Å². The molecule has 0 aliphatic heterocycles. The third-order valence-corrected chi connectivity index (χ3v) is 0. The third kappa shape index (κ3) is 14.6. The molecule has 0 aromatic heterocycles. The van der Waals surface area contributed by atoms with Crippen LogP contribution in [0.2, 0.25) is 0 Å². The van der Waals surface area contributed by atoms with Crippen LogP contribution < -0.4 is 0 Å². The predicted molar refractivity (Wildman–Crippen MR) is 11.2 cm³/mol. The van der Waals surface area contributed by atoms with Gasteiger partial charge in [-0.1, -0.05) is 0 Å². The van der Waals surface area contributed by atoms with E-state index in [-0.39, 0.29) is 21.7 Å². The van der Waals surface area contributed by atoms with Crippen LogP contribution in [0.1, 0.15) is 0 Å². The second-order valence-corrected chi connectivity index (χ2v) is 0.274. The van der Waals surface area contributed by atoms with E-state index in [1.807, 2.05) is 0 Å². The Morgan fingerprint density at radius 2 is 1.75 bits per heavy atom. The maximum Gasteiger partial charge on any atom is 0.491 e. The number of hydrogen-bond donors (Lipinski definition) is 1. The molecule has 0 amide bonds. The first-order chi connectivity index (χ1) is 1.41. The topological polar surface area (TPSA) is 37.3 Å². The van der Waals surface area contributed by atoms with Crippen molar-refractivity contribution < 1.29 is 31.2 Å². The summed E-state index contributed by atoms with van der Waals surface area (Å²) in [7, 11) is -1.17. The van der Waals surface area contributed by atoms with Gasteiger partial charge in [0.25, 0.3) is 0 Å². The summed E-state index contributed by atoms with van der Waals surface area (Å²) in [5.74, 6) is 0. The van der Waals surface area contributed by atoms with Crippen LogP contribution in [0.4, 0.5) is 0 Å². The first-order valence-corrected chi connectivity index (χ1v) is 1.28. The standard InChI is InChI=1S/HO2P.Ti/c1-3-2;/h3H;/p+1. The second kappa shape index (κ2) is 9.23. The average Bonchev–Trinajstić information content (AvgIpc) is 0.918. The van der Waals surface area contributed by atoms with Crippen LogP contribution in [-0.4, -0.2) is 4.89 Å². The molecular formula is H2O2PTi+. The Hall–Kier alpha value is 0.774. The summed E-state index contributed by atoms with van der Waals surface area (Å²) in [5.41, 5.74) is 0. The molecule has 4 heavy (non-hydrogen) atoms. The maximum atomic E-state index is 8.51. The van der Waals surface area contributed by atoms with Crippen molar-refractivity contribution in [3.8, 4) is 0 Å². The Bertz CT molecular complexity index is 13.5. The molecule has 0 aliphatic carbocycles. The Morgan fingerprint density at radius 3 is 1.75 bits per heavy atom. The van der Waals surface area contributed by atoms with E-state index in [0.717, 1.165) is 0 Å². The minimum atomic E-state index is -1.17. The average molecular weight is 113 g/mol. The van der Waals surface area contributed by atoms with Gasteiger partial charge in [-0.15, -0.1) is 0 Å². The SMILES string of the molecule is O=[PH+]O.[Ti]. The molecule has 0 aliphatic rings. The number of hydrogen-bond acceptors (Lipinski definition) is 1. The summed E-state index contributed by atoms with van der Waals surface area (Å²) in [6.07, 6.45) is 0. The second-order valence-electron chi connectivity index (χ2n) is 0.0913. The fraction of sp³-hybridized carbons (Fsp3) is 0. The zero-order chi connectivity index (χ0) is 2.71. The summed E-state index contributed by atoms with van der Waals surface area (Å²) < 4.78 is 8.51. The molecule has 0 aromatic carbocycles. The molecule has 0 aromatic rings. The van der Waals surface area contributed by atoms with Crippen LogP contribution in [0.15, 0.2) is 0 Å². The first-order valence-electron chi connectivity index (χ1n) is 0.428. The van der Waals surface area contributed by atoms with Gasteiger partial charge in [-0.3, -0.25) is 0 Å². The molecule has 2 nitrogen and oxygen atoms in total. The molecule has 0 radical (unpaired) electrons. The normalized spacial score (nSPS) is 5.25. The van der Waals surface area contributed by atoms with Gasteiger partial charge >= 0.3 is 8.69 Å². The van der Waals surface area contributed by atoms with Crippen LogP contribution in [0.3, 0.4) is 0 Å². The van der Waals surface area contributed by atoms with Gasteiger partial charge in [-0.2, -0.15) is 4.89 Å². The molecule has 0 rings (SSSR count). The van der Waals surface area contributed by atoms with E-state index in [1.165, 1.54) is 0 Å². The Morgan fingerprint density at radius 1 is 1.75 bits per heavy atom. The quantitative estimate of drug-likeness (QED) is 0.352. The first kappa shape index (κ1) is 8.84. The van der Waals surface area contributed by atoms with Gasteiger partial charge in [-0.25, -0.2) is 0 Å². The molecule has 0 bridgehead atoms. The Kier molecular flexibility index (Phi) is 20.4. The van der Waals surface area contributed by atoms with Crippen LogP contribution >= 0.6 is 8.69 Å². The molecule has 22 valence electrons. The van der Waals surface area contributed by atoms with Crippen molar-refractivity contribution in [3.63, 3.8) is 0 Å². The van der Waals surface area contributed by atoms with Crippen LogP contribution in [0.25, 0.3) is 0 Å². The molecule has 0 heterocycles. The molecule has 4 heteroatoms. The molecule has 0 saturated heterocycles. The number of rotatable bonds is 0. The van der Waals surface area contributed by atoms with Gasteiger partial charge in [0.1, 0.15) is 0 Å². The van der Waals surface area contributed by atoms with E-state index in [4.69, 9.17) is 9.46 Å². The van der Waals surface area contributed by atoms with Crippen LogP contribution in [0.5, 0.6) is 0 Å². The van der Waals surface area contributed by atoms with E-state index in [1.54, 1.807) is 0 Å². The summed E-state index contributed by atoms with van der Waals surface area (Å²) >= 11 is 0. The van der Waals surface area contributed by atoms with Gasteiger partial charge in [0, 0.05) is 21.7 Å². The van der Waals surface area contributed by atoms with E-state index in [2.05, 4.69) is 0 Å². The van der Waals surface area contributed by atoms with Crippen molar-refractivity contribution in [3.05, 3.63) is 0 Å². The fourth-order valence-corrected chi connectivity index (χ4v) is 0. The summed E-state index contributed by atoms with van der Waals surface area (Å²) in [4.78, 5) is 7.04. The van der Waals surface area contributed by atoms with Crippen molar-refractivity contribution in [1.29, 1.82) is 0 Å². The summed E-state index contributed by atoms with van der Waals surface area (Å²) in [5, 5.41) is 0. The molecule has 0 spiro atoms. The van der Waals surface area contributed by atoms with Crippen molar-refractivity contribution in [2.75, 3.05) is 0 Å². The van der Waals surface area contributed by atoms with Gasteiger partial charge in [-0.05, 0) is 4.57 Å². The van der Waals surface area contributed by atoms with Gasteiger partial charge < -0.3 is 0 Å². The van der Waals surface area contributed by atoms with Crippen molar-refractivity contribution in [2.24, 2.45) is 0 Å². The zero-order valence-electron chi connectivity index (χ0n) is 1.86.